The van der Waals surface area contributed by atoms with Crippen LogP contribution >= 0.6 is 0 Å². The van der Waals surface area contributed by atoms with E-state index in [2.05, 4.69) is 23.2 Å². The molecule has 0 heterocycles. The Hall–Kier alpha value is -0.670. The van der Waals surface area contributed by atoms with E-state index in [9.17, 15) is 5.26 Å². The van der Waals surface area contributed by atoms with E-state index in [1.54, 1.807) is 14.2 Å². The van der Waals surface area contributed by atoms with Crippen molar-refractivity contribution in [2.75, 3.05) is 47.6 Å². The zero-order valence-electron chi connectivity index (χ0n) is 14.0. The predicted octanol–water partition coefficient (Wildman–Crippen LogP) is 1.64. The van der Waals surface area contributed by atoms with Crippen LogP contribution in [0.5, 0.6) is 0 Å². The zero-order chi connectivity index (χ0) is 15.7. The van der Waals surface area contributed by atoms with Crippen LogP contribution in [0.2, 0.25) is 0 Å². The molecule has 21 heavy (non-hydrogen) atoms. The summed E-state index contributed by atoms with van der Waals surface area (Å²) >= 11 is 0. The molecule has 0 aromatic rings. The highest BCUT2D eigenvalue weighted by atomic mass is 16.5. The largest absolute Gasteiger partial charge is 0.383 e. The van der Waals surface area contributed by atoms with Crippen molar-refractivity contribution in [2.45, 2.75) is 44.2 Å². The number of methoxy groups -OCH3 is 2. The molecule has 122 valence electrons. The Kier molecular flexibility index (Phi) is 8.20. The maximum atomic E-state index is 9.52. The van der Waals surface area contributed by atoms with Crippen molar-refractivity contribution < 1.29 is 9.47 Å². The van der Waals surface area contributed by atoms with E-state index in [1.807, 2.05) is 7.05 Å². The summed E-state index contributed by atoms with van der Waals surface area (Å²) in [6.07, 6.45) is 4.30. The van der Waals surface area contributed by atoms with Crippen molar-refractivity contribution in [3.05, 3.63) is 0 Å². The van der Waals surface area contributed by atoms with Crippen LogP contribution in [-0.2, 0) is 9.47 Å². The second kappa shape index (κ2) is 9.37. The first kappa shape index (κ1) is 18.4. The molecular weight excluding hydrogens is 266 g/mol. The topological polar surface area (TPSA) is 57.5 Å². The first-order valence-corrected chi connectivity index (χ1v) is 7.95. The molecule has 1 aliphatic rings. The zero-order valence-corrected chi connectivity index (χ0v) is 14.0. The van der Waals surface area contributed by atoms with Gasteiger partial charge in [0.1, 0.15) is 5.54 Å². The highest BCUT2D eigenvalue weighted by Gasteiger charge is 2.41. The van der Waals surface area contributed by atoms with Gasteiger partial charge in [-0.1, -0.05) is 6.42 Å². The molecule has 1 fully saturated rings. The maximum Gasteiger partial charge on any atom is 0.109 e. The molecule has 3 unspecified atom stereocenters. The van der Waals surface area contributed by atoms with E-state index >= 15 is 0 Å². The first-order chi connectivity index (χ1) is 10.1. The third kappa shape index (κ3) is 4.93. The average molecular weight is 297 g/mol. The van der Waals surface area contributed by atoms with E-state index in [0.717, 1.165) is 52.0 Å². The first-order valence-electron chi connectivity index (χ1n) is 7.95. The van der Waals surface area contributed by atoms with E-state index in [-0.39, 0.29) is 5.54 Å². The average Bonchev–Trinajstić information content (AvgIpc) is 2.91. The van der Waals surface area contributed by atoms with Gasteiger partial charge in [-0.3, -0.25) is 4.90 Å². The lowest BCUT2D eigenvalue weighted by atomic mass is 9.86. The van der Waals surface area contributed by atoms with Gasteiger partial charge in [-0.2, -0.15) is 5.26 Å². The van der Waals surface area contributed by atoms with Gasteiger partial charge < -0.3 is 14.8 Å². The fourth-order valence-electron chi connectivity index (χ4n) is 3.43. The van der Waals surface area contributed by atoms with Gasteiger partial charge in [-0.25, -0.2) is 0 Å². The minimum absolute atomic E-state index is 0.322. The van der Waals surface area contributed by atoms with Gasteiger partial charge in [-0.15, -0.1) is 0 Å². The van der Waals surface area contributed by atoms with Gasteiger partial charge >= 0.3 is 0 Å². The molecule has 0 bridgehead atoms. The molecule has 0 aromatic heterocycles. The maximum absolute atomic E-state index is 9.52. The molecule has 1 saturated carbocycles. The summed E-state index contributed by atoms with van der Waals surface area (Å²) in [5.74, 6) is 0.437. The highest BCUT2D eigenvalue weighted by molar-refractivity contribution is 5.13. The van der Waals surface area contributed by atoms with Crippen molar-refractivity contribution in [1.29, 1.82) is 5.26 Å². The SMILES string of the molecule is CNC1(C#N)CCCC1CCN(CCOC)C(C)COC. The van der Waals surface area contributed by atoms with E-state index in [4.69, 9.17) is 9.47 Å². The van der Waals surface area contributed by atoms with Crippen LogP contribution in [0, 0.1) is 17.2 Å². The minimum Gasteiger partial charge on any atom is -0.383 e. The number of ether oxygens (including phenoxy) is 2. The van der Waals surface area contributed by atoms with Crippen molar-refractivity contribution >= 4 is 0 Å². The Morgan fingerprint density at radius 3 is 2.71 bits per heavy atom. The number of rotatable bonds is 10. The van der Waals surface area contributed by atoms with Crippen molar-refractivity contribution in [2.24, 2.45) is 5.92 Å². The lowest BCUT2D eigenvalue weighted by molar-refractivity contribution is 0.0696. The Balaban J connectivity index is 2.57. The molecule has 5 nitrogen and oxygen atoms in total. The van der Waals surface area contributed by atoms with Gasteiger partial charge in [0.2, 0.25) is 0 Å². The Morgan fingerprint density at radius 1 is 1.38 bits per heavy atom. The fourth-order valence-corrected chi connectivity index (χ4v) is 3.43. The molecule has 3 atom stereocenters. The van der Waals surface area contributed by atoms with Gasteiger partial charge in [-0.05, 0) is 45.7 Å². The van der Waals surface area contributed by atoms with Crippen LogP contribution in [0.3, 0.4) is 0 Å². The second-order valence-electron chi connectivity index (χ2n) is 6.04. The summed E-state index contributed by atoms with van der Waals surface area (Å²) in [5.41, 5.74) is -0.322. The molecule has 0 aromatic carbocycles. The quantitative estimate of drug-likeness (QED) is 0.664. The Bertz CT molecular complexity index is 332. The van der Waals surface area contributed by atoms with Gasteiger partial charge in [0.25, 0.3) is 0 Å². The number of hydrogen-bond acceptors (Lipinski definition) is 5. The normalized spacial score (nSPS) is 27.0. The van der Waals surface area contributed by atoms with Crippen LogP contribution in [-0.4, -0.2) is 64.1 Å². The standard InChI is InChI=1S/C16H31N3O2/c1-14(12-21-4)19(10-11-20-3)9-7-15-6-5-8-16(15,13-17)18-2/h14-15,18H,5-12H2,1-4H3. The third-order valence-corrected chi connectivity index (χ3v) is 4.84. The molecule has 1 aliphatic carbocycles. The highest BCUT2D eigenvalue weighted by Crippen LogP contribution is 2.37. The molecule has 1 N–H and O–H groups in total. The molecule has 0 radical (unpaired) electrons. The molecule has 5 heteroatoms. The van der Waals surface area contributed by atoms with Crippen LogP contribution in [0.1, 0.15) is 32.6 Å². The molecule has 1 rings (SSSR count). The van der Waals surface area contributed by atoms with Crippen LogP contribution in [0.4, 0.5) is 0 Å². The molecular formula is C16H31N3O2. The van der Waals surface area contributed by atoms with Gasteiger partial charge in [0.05, 0.1) is 19.3 Å². The minimum atomic E-state index is -0.322. The fraction of sp³-hybridized carbons (Fsp3) is 0.938. The molecule has 0 aliphatic heterocycles. The number of nitrogens with one attached hydrogen (secondary N) is 1. The van der Waals surface area contributed by atoms with Crippen molar-refractivity contribution in [3.63, 3.8) is 0 Å². The summed E-state index contributed by atoms with van der Waals surface area (Å²) in [4.78, 5) is 2.41. The third-order valence-electron chi connectivity index (χ3n) is 4.84. The summed E-state index contributed by atoms with van der Waals surface area (Å²) in [7, 11) is 5.39. The second-order valence-corrected chi connectivity index (χ2v) is 6.04. The molecule has 0 spiro atoms. The number of hydrogen-bond donors (Lipinski definition) is 1. The van der Waals surface area contributed by atoms with E-state index in [1.165, 1.54) is 0 Å². The van der Waals surface area contributed by atoms with Gasteiger partial charge in [0, 0.05) is 26.8 Å². The lowest BCUT2D eigenvalue weighted by Gasteiger charge is -2.33. The van der Waals surface area contributed by atoms with E-state index in [0.29, 0.717) is 12.0 Å². The Morgan fingerprint density at radius 2 is 2.14 bits per heavy atom. The summed E-state index contributed by atoms with van der Waals surface area (Å²) in [5, 5.41) is 12.8. The summed E-state index contributed by atoms with van der Waals surface area (Å²) in [6.45, 7) is 5.54. The number of nitriles is 1. The van der Waals surface area contributed by atoms with E-state index < -0.39 is 0 Å². The molecule has 0 amide bonds. The van der Waals surface area contributed by atoms with Gasteiger partial charge in [0.15, 0.2) is 0 Å². The monoisotopic (exact) mass is 297 g/mol. The van der Waals surface area contributed by atoms with Crippen LogP contribution in [0.25, 0.3) is 0 Å². The predicted molar refractivity (Wildman–Crippen MR) is 84.1 cm³/mol. The number of nitrogens with zero attached hydrogens (tertiary/aromatic N) is 2. The smallest absolute Gasteiger partial charge is 0.109 e. The Labute approximate surface area is 129 Å². The van der Waals surface area contributed by atoms with Crippen molar-refractivity contribution in [3.8, 4) is 6.07 Å². The van der Waals surface area contributed by atoms with Crippen LogP contribution in [0.15, 0.2) is 0 Å². The summed E-state index contributed by atoms with van der Waals surface area (Å²) < 4.78 is 10.5. The van der Waals surface area contributed by atoms with Crippen LogP contribution < -0.4 is 5.32 Å². The van der Waals surface area contributed by atoms with Crippen molar-refractivity contribution in [1.82, 2.24) is 10.2 Å². The summed E-state index contributed by atoms with van der Waals surface area (Å²) in [6, 6.07) is 2.89. The molecule has 0 saturated heterocycles. The lowest BCUT2D eigenvalue weighted by Crippen LogP contribution is -2.47.